The molecule has 2 aromatic carbocycles. The lowest BCUT2D eigenvalue weighted by molar-refractivity contribution is -0.146. The molecular formula is C31H26F8N4O2. The second-order valence-electron chi connectivity index (χ2n) is 10.7. The Morgan fingerprint density at radius 1 is 0.911 bits per heavy atom. The number of aromatic nitrogens is 1. The highest BCUT2D eigenvalue weighted by atomic mass is 19.4. The fourth-order valence-electron chi connectivity index (χ4n) is 5.53. The minimum absolute atomic E-state index is 0.149. The Morgan fingerprint density at radius 3 is 2.20 bits per heavy atom. The van der Waals surface area contributed by atoms with Gasteiger partial charge in [0.15, 0.2) is 0 Å². The van der Waals surface area contributed by atoms with Crippen LogP contribution in [0.2, 0.25) is 0 Å². The van der Waals surface area contributed by atoms with Gasteiger partial charge in [0, 0.05) is 61.3 Å². The predicted molar refractivity (Wildman–Crippen MR) is 151 cm³/mol. The van der Waals surface area contributed by atoms with E-state index in [9.17, 15) is 45.0 Å². The molecule has 1 atom stereocenters. The summed E-state index contributed by atoms with van der Waals surface area (Å²) in [6, 6.07) is 14.1. The number of benzene rings is 2. The number of hydrogen-bond acceptors (Lipinski definition) is 5. The first-order valence-electron chi connectivity index (χ1n) is 13.8. The van der Waals surface area contributed by atoms with Crippen LogP contribution < -0.4 is 4.90 Å². The first kappa shape index (κ1) is 32.1. The van der Waals surface area contributed by atoms with Gasteiger partial charge in [-0.05, 0) is 41.5 Å². The van der Waals surface area contributed by atoms with E-state index in [2.05, 4.69) is 9.98 Å². The largest absolute Gasteiger partial charge is 0.478 e. The molecule has 2 aliphatic heterocycles. The lowest BCUT2D eigenvalue weighted by Gasteiger charge is -2.36. The molecule has 238 valence electrons. The van der Waals surface area contributed by atoms with Crippen LogP contribution in [0.1, 0.15) is 17.7 Å². The average Bonchev–Trinajstić information content (AvgIpc) is 3.41. The molecule has 0 bridgehead atoms. The number of aliphatic imine (C=N–C) groups is 1. The van der Waals surface area contributed by atoms with Crippen LogP contribution in [0.4, 0.5) is 40.8 Å². The summed E-state index contributed by atoms with van der Waals surface area (Å²) in [6.45, 7) is 0.304. The SMILES string of the molecule is O=C(O)C1=C(C(F)(F)F)C(Cc2cccc(-c3cc(C(F)F)ccc3-c3ccc(N4CCN(CC(F)(F)F)CC4)cc3)n2)N=C1. The van der Waals surface area contributed by atoms with Gasteiger partial charge in [-0.15, -0.1) is 0 Å². The van der Waals surface area contributed by atoms with E-state index in [1.807, 2.05) is 4.90 Å². The molecule has 1 saturated heterocycles. The summed E-state index contributed by atoms with van der Waals surface area (Å²) >= 11 is 0. The van der Waals surface area contributed by atoms with Crippen LogP contribution in [0.15, 0.2) is 76.8 Å². The Balaban J connectivity index is 1.41. The first-order valence-corrected chi connectivity index (χ1v) is 13.8. The highest BCUT2D eigenvalue weighted by molar-refractivity contribution is 6.11. The minimum Gasteiger partial charge on any atom is -0.478 e. The van der Waals surface area contributed by atoms with Gasteiger partial charge < -0.3 is 10.0 Å². The van der Waals surface area contributed by atoms with Gasteiger partial charge in [-0.1, -0.05) is 30.3 Å². The minimum atomic E-state index is -4.94. The molecule has 6 nitrogen and oxygen atoms in total. The molecule has 1 aromatic heterocycles. The number of alkyl halides is 8. The standard InChI is InChI=1S/C31H26F8N4O2/c32-28(33)19-6-9-22(18-4-7-21(8-5-18)43-12-10-42(11-13-43)17-30(34,35)36)23(14-19)25-3-1-2-20(41-25)15-26-27(31(37,38)39)24(16-40-26)29(44)45/h1-9,14,16,26,28H,10-13,15,17H2,(H,44,45). The van der Waals surface area contributed by atoms with Crippen molar-refractivity contribution in [2.24, 2.45) is 4.99 Å². The lowest BCUT2D eigenvalue weighted by atomic mass is 9.94. The van der Waals surface area contributed by atoms with E-state index in [4.69, 9.17) is 0 Å². The second-order valence-corrected chi connectivity index (χ2v) is 10.7. The van der Waals surface area contributed by atoms with Crippen molar-refractivity contribution in [3.63, 3.8) is 0 Å². The Labute approximate surface area is 252 Å². The van der Waals surface area contributed by atoms with Gasteiger partial charge in [0.1, 0.15) is 0 Å². The van der Waals surface area contributed by atoms with Gasteiger partial charge in [0.05, 0.1) is 29.4 Å². The van der Waals surface area contributed by atoms with Crippen molar-refractivity contribution in [1.29, 1.82) is 0 Å². The van der Waals surface area contributed by atoms with Gasteiger partial charge >= 0.3 is 18.3 Å². The normalized spacial score (nSPS) is 17.9. The zero-order valence-electron chi connectivity index (χ0n) is 23.4. The number of nitrogens with zero attached hydrogens (tertiary/aromatic N) is 4. The highest BCUT2D eigenvalue weighted by Crippen LogP contribution is 2.38. The van der Waals surface area contributed by atoms with Crippen molar-refractivity contribution >= 4 is 17.9 Å². The average molecular weight is 639 g/mol. The van der Waals surface area contributed by atoms with Gasteiger partial charge in [0.2, 0.25) is 0 Å². The summed E-state index contributed by atoms with van der Waals surface area (Å²) in [5.74, 6) is -1.75. The van der Waals surface area contributed by atoms with Crippen LogP contribution in [0.3, 0.4) is 0 Å². The first-order chi connectivity index (χ1) is 21.2. The van der Waals surface area contributed by atoms with Gasteiger partial charge in [-0.25, -0.2) is 13.6 Å². The molecule has 14 heteroatoms. The number of carbonyl (C=O) groups is 1. The molecule has 1 fully saturated rings. The number of pyridine rings is 1. The highest BCUT2D eigenvalue weighted by Gasteiger charge is 2.45. The number of piperazine rings is 1. The maximum absolute atomic E-state index is 13.7. The summed E-state index contributed by atoms with van der Waals surface area (Å²) in [7, 11) is 0. The third-order valence-corrected chi connectivity index (χ3v) is 7.64. The molecule has 1 unspecified atom stereocenters. The number of anilines is 1. The maximum Gasteiger partial charge on any atom is 0.415 e. The molecule has 0 spiro atoms. The number of hydrogen-bond donors (Lipinski definition) is 1. The molecule has 5 rings (SSSR count). The fourth-order valence-corrected chi connectivity index (χ4v) is 5.53. The number of halogens is 8. The van der Waals surface area contributed by atoms with Crippen LogP contribution in [-0.2, 0) is 11.2 Å². The summed E-state index contributed by atoms with van der Waals surface area (Å²) in [5.41, 5.74) is 0.0809. The van der Waals surface area contributed by atoms with E-state index in [-0.39, 0.29) is 36.5 Å². The molecule has 3 aromatic rings. The van der Waals surface area contributed by atoms with E-state index >= 15 is 0 Å². The fraction of sp³-hybridized carbons (Fsp3) is 0.323. The van der Waals surface area contributed by atoms with E-state index in [0.29, 0.717) is 36.0 Å². The monoisotopic (exact) mass is 638 g/mol. The summed E-state index contributed by atoms with van der Waals surface area (Å²) < 4.78 is 107. The van der Waals surface area contributed by atoms with E-state index in [1.165, 1.54) is 41.3 Å². The van der Waals surface area contributed by atoms with Crippen LogP contribution in [-0.4, -0.2) is 78.3 Å². The molecule has 3 heterocycles. The zero-order chi connectivity index (χ0) is 32.5. The predicted octanol–water partition coefficient (Wildman–Crippen LogP) is 6.98. The van der Waals surface area contributed by atoms with Crippen LogP contribution in [0.25, 0.3) is 22.4 Å². The third kappa shape index (κ3) is 7.49. The molecule has 45 heavy (non-hydrogen) atoms. The molecule has 2 aliphatic rings. The maximum atomic E-state index is 13.7. The molecule has 0 saturated carbocycles. The molecule has 1 N–H and O–H groups in total. The van der Waals surface area contributed by atoms with Crippen molar-refractivity contribution in [3.05, 3.63) is 83.1 Å². The molecule has 0 radical (unpaired) electrons. The number of rotatable bonds is 8. The second kappa shape index (κ2) is 12.6. The summed E-state index contributed by atoms with van der Waals surface area (Å²) in [5, 5.41) is 9.20. The molecular weight excluding hydrogens is 612 g/mol. The summed E-state index contributed by atoms with van der Waals surface area (Å²) in [4.78, 5) is 22.9. The van der Waals surface area contributed by atoms with Gasteiger partial charge in [-0.2, -0.15) is 26.3 Å². The van der Waals surface area contributed by atoms with Crippen molar-refractivity contribution in [2.75, 3.05) is 37.6 Å². The zero-order valence-corrected chi connectivity index (χ0v) is 23.4. The van der Waals surface area contributed by atoms with Crippen LogP contribution >= 0.6 is 0 Å². The number of carboxylic acid groups (broad SMARTS) is 1. The van der Waals surface area contributed by atoms with Gasteiger partial charge in [-0.3, -0.25) is 14.9 Å². The molecule has 0 amide bonds. The number of aliphatic carboxylic acids is 1. The van der Waals surface area contributed by atoms with Crippen molar-refractivity contribution < 1.29 is 45.0 Å². The van der Waals surface area contributed by atoms with Gasteiger partial charge in [0.25, 0.3) is 6.43 Å². The van der Waals surface area contributed by atoms with Crippen LogP contribution in [0, 0.1) is 0 Å². The van der Waals surface area contributed by atoms with Crippen molar-refractivity contribution in [1.82, 2.24) is 9.88 Å². The van der Waals surface area contributed by atoms with E-state index in [0.717, 1.165) is 5.69 Å². The van der Waals surface area contributed by atoms with Crippen molar-refractivity contribution in [2.45, 2.75) is 31.2 Å². The van der Waals surface area contributed by atoms with Crippen molar-refractivity contribution in [3.8, 4) is 22.4 Å². The van der Waals surface area contributed by atoms with E-state index < -0.39 is 48.5 Å². The molecule has 0 aliphatic carbocycles. The lowest BCUT2D eigenvalue weighted by Crippen LogP contribution is -2.49. The summed E-state index contributed by atoms with van der Waals surface area (Å²) in [6.07, 6.45) is -11.7. The van der Waals surface area contributed by atoms with Crippen LogP contribution in [0.5, 0.6) is 0 Å². The van der Waals surface area contributed by atoms with E-state index in [1.54, 1.807) is 24.3 Å². The number of carboxylic acids is 1. The quantitative estimate of drug-likeness (QED) is 0.270. The Kier molecular flexibility index (Phi) is 8.97. The third-order valence-electron chi connectivity index (χ3n) is 7.64. The smallest absolute Gasteiger partial charge is 0.415 e. The Bertz CT molecular complexity index is 1610. The Morgan fingerprint density at radius 2 is 1.60 bits per heavy atom. The Hall–Kier alpha value is -4.33. The topological polar surface area (TPSA) is 69.0 Å².